The summed E-state index contributed by atoms with van der Waals surface area (Å²) in [5.41, 5.74) is 3.49. The summed E-state index contributed by atoms with van der Waals surface area (Å²) < 4.78 is 85.7. The highest BCUT2D eigenvalue weighted by molar-refractivity contribution is 6.37. The molecule has 2 heterocycles. The van der Waals surface area contributed by atoms with E-state index in [1.165, 1.54) is 17.0 Å². The van der Waals surface area contributed by atoms with Crippen LogP contribution in [0.3, 0.4) is 0 Å². The molecule has 2 amide bonds. The third-order valence-electron chi connectivity index (χ3n) is 11.3. The molecule has 0 spiro atoms. The molecule has 302 valence electrons. The van der Waals surface area contributed by atoms with E-state index in [0.717, 1.165) is 27.6 Å². The van der Waals surface area contributed by atoms with Crippen molar-refractivity contribution in [2.24, 2.45) is 0 Å². The zero-order valence-corrected chi connectivity index (χ0v) is 32.3. The lowest BCUT2D eigenvalue weighted by atomic mass is 9.90. The highest BCUT2D eigenvalue weighted by Crippen LogP contribution is 2.47. The van der Waals surface area contributed by atoms with Gasteiger partial charge in [0.25, 0.3) is 11.8 Å². The number of aromatic nitrogens is 1. The SMILES string of the molecule is O=C1c2cccc(-n3c4ccccc4c4ccc(-c5cc(C(F)(F)F)cc(C(F)(F)F)c5)cc43)c2C(=O)N1c1c(-c2ccccc2)cc(-c2ccccc2)cc1-c1ccccc1. The van der Waals surface area contributed by atoms with Gasteiger partial charge in [0.05, 0.1) is 44.7 Å². The molecule has 0 saturated carbocycles. The molecule has 62 heavy (non-hydrogen) atoms. The molecular formula is C52H30F6N2O2. The Kier molecular flexibility index (Phi) is 8.99. The van der Waals surface area contributed by atoms with Crippen LogP contribution in [0.15, 0.2) is 182 Å². The fourth-order valence-electron chi connectivity index (χ4n) is 8.54. The summed E-state index contributed by atoms with van der Waals surface area (Å²) in [4.78, 5) is 31.5. The number of hydrogen-bond donors (Lipinski definition) is 0. The van der Waals surface area contributed by atoms with Crippen molar-refractivity contribution in [2.75, 3.05) is 4.90 Å². The van der Waals surface area contributed by atoms with Crippen molar-refractivity contribution in [2.45, 2.75) is 12.4 Å². The van der Waals surface area contributed by atoms with Gasteiger partial charge >= 0.3 is 12.4 Å². The van der Waals surface area contributed by atoms with Crippen LogP contribution in [0.25, 0.3) is 72.0 Å². The van der Waals surface area contributed by atoms with Crippen molar-refractivity contribution in [3.8, 4) is 50.2 Å². The topological polar surface area (TPSA) is 42.3 Å². The van der Waals surface area contributed by atoms with Crippen molar-refractivity contribution < 1.29 is 35.9 Å². The first kappa shape index (κ1) is 38.5. The number of imide groups is 1. The predicted molar refractivity (Wildman–Crippen MR) is 230 cm³/mol. The Morgan fingerprint density at radius 3 is 1.47 bits per heavy atom. The second-order valence-corrected chi connectivity index (χ2v) is 15.0. The Labute approximate surface area is 350 Å². The number of para-hydroxylation sites is 1. The number of carbonyl (C=O) groups is 2. The summed E-state index contributed by atoms with van der Waals surface area (Å²) in [5.74, 6) is -1.16. The lowest BCUT2D eigenvalue weighted by Crippen LogP contribution is -2.30. The van der Waals surface area contributed by atoms with Gasteiger partial charge in [-0.25, -0.2) is 4.90 Å². The van der Waals surface area contributed by atoms with E-state index in [-0.39, 0.29) is 28.3 Å². The van der Waals surface area contributed by atoms with Gasteiger partial charge in [0.15, 0.2) is 0 Å². The number of hydrogen-bond acceptors (Lipinski definition) is 2. The number of benzene rings is 8. The zero-order chi connectivity index (χ0) is 42.9. The standard InChI is InChI=1S/C52H30F6N2O2/c53-51(54,55)37-25-35(26-38(30-37)52(56,57)58)34-23-24-40-39-19-10-11-21-44(39)59(46(40)29-34)45-22-12-20-41-47(45)50(62)60(49(41)61)48-42(32-15-6-2-7-16-32)27-36(31-13-4-1-5-14-31)28-43(48)33-17-8-3-9-18-33/h1-30H. The molecule has 0 radical (unpaired) electrons. The van der Waals surface area contributed by atoms with E-state index >= 15 is 4.79 Å². The minimum Gasteiger partial charge on any atom is -0.308 e. The molecular weight excluding hydrogens is 799 g/mol. The first-order chi connectivity index (χ1) is 29.9. The summed E-state index contributed by atoms with van der Waals surface area (Å²) in [6.45, 7) is 0. The number of amides is 2. The number of alkyl halides is 6. The summed E-state index contributed by atoms with van der Waals surface area (Å²) >= 11 is 0. The highest BCUT2D eigenvalue weighted by Gasteiger charge is 2.42. The van der Waals surface area contributed by atoms with Crippen molar-refractivity contribution in [1.29, 1.82) is 0 Å². The van der Waals surface area contributed by atoms with Gasteiger partial charge in [-0.1, -0.05) is 127 Å². The molecule has 10 heteroatoms. The third kappa shape index (κ3) is 6.42. The molecule has 0 atom stereocenters. The van der Waals surface area contributed by atoms with Gasteiger partial charge in [-0.15, -0.1) is 0 Å². The van der Waals surface area contributed by atoms with Crippen molar-refractivity contribution >= 4 is 39.3 Å². The number of halogens is 6. The molecule has 9 aromatic rings. The molecule has 1 aliphatic heterocycles. The maximum Gasteiger partial charge on any atom is 0.416 e. The lowest BCUT2D eigenvalue weighted by molar-refractivity contribution is -0.143. The molecule has 0 bridgehead atoms. The van der Waals surface area contributed by atoms with Crippen LogP contribution in [0.1, 0.15) is 31.8 Å². The minimum absolute atomic E-state index is 0.0910. The molecule has 0 unspecified atom stereocenters. The lowest BCUT2D eigenvalue weighted by Gasteiger charge is -2.24. The van der Waals surface area contributed by atoms with E-state index in [1.54, 1.807) is 34.9 Å². The van der Waals surface area contributed by atoms with Crippen molar-refractivity contribution in [3.63, 3.8) is 0 Å². The maximum atomic E-state index is 15.3. The van der Waals surface area contributed by atoms with E-state index in [0.29, 0.717) is 51.1 Å². The van der Waals surface area contributed by atoms with Gasteiger partial charge in [0.2, 0.25) is 0 Å². The summed E-state index contributed by atoms with van der Waals surface area (Å²) in [6, 6.07) is 51.1. The van der Waals surface area contributed by atoms with E-state index < -0.39 is 35.3 Å². The van der Waals surface area contributed by atoms with Crippen LogP contribution < -0.4 is 4.90 Å². The van der Waals surface area contributed by atoms with Crippen molar-refractivity contribution in [3.05, 3.63) is 204 Å². The maximum absolute atomic E-state index is 15.3. The van der Waals surface area contributed by atoms with Gasteiger partial charge < -0.3 is 4.57 Å². The Morgan fingerprint density at radius 2 is 0.887 bits per heavy atom. The molecule has 0 saturated heterocycles. The largest absolute Gasteiger partial charge is 0.416 e. The van der Waals surface area contributed by atoms with E-state index in [1.807, 2.05) is 121 Å². The number of nitrogens with zero attached hydrogens (tertiary/aromatic N) is 2. The van der Waals surface area contributed by atoms with Crippen LogP contribution in [0.5, 0.6) is 0 Å². The van der Waals surface area contributed by atoms with Gasteiger partial charge in [0.1, 0.15) is 0 Å². The van der Waals surface area contributed by atoms with E-state index in [9.17, 15) is 31.1 Å². The normalized spacial score (nSPS) is 13.0. The Bertz CT molecular complexity index is 3150. The fraction of sp³-hybridized carbons (Fsp3) is 0.0385. The second-order valence-electron chi connectivity index (χ2n) is 15.0. The first-order valence-electron chi connectivity index (χ1n) is 19.6. The molecule has 0 aliphatic carbocycles. The van der Waals surface area contributed by atoms with Gasteiger partial charge in [-0.2, -0.15) is 26.3 Å². The third-order valence-corrected chi connectivity index (χ3v) is 11.3. The summed E-state index contributed by atoms with van der Waals surface area (Å²) in [6.07, 6.45) is -10.1. The number of carbonyl (C=O) groups excluding carboxylic acids is 2. The summed E-state index contributed by atoms with van der Waals surface area (Å²) in [7, 11) is 0. The van der Waals surface area contributed by atoms with Crippen LogP contribution >= 0.6 is 0 Å². The molecule has 0 fully saturated rings. The summed E-state index contributed by atoms with van der Waals surface area (Å²) in [5, 5.41) is 1.35. The average molecular weight is 829 g/mol. The van der Waals surface area contributed by atoms with E-state index in [4.69, 9.17) is 0 Å². The smallest absolute Gasteiger partial charge is 0.308 e. The fourth-order valence-corrected chi connectivity index (χ4v) is 8.54. The second kappa shape index (κ2) is 14.5. The minimum atomic E-state index is -5.04. The molecule has 10 rings (SSSR count). The number of anilines is 1. The quantitative estimate of drug-likeness (QED) is 0.124. The predicted octanol–water partition coefficient (Wildman–Crippen LogP) is 14.3. The molecule has 4 nitrogen and oxygen atoms in total. The first-order valence-corrected chi connectivity index (χ1v) is 19.6. The van der Waals surface area contributed by atoms with Crippen LogP contribution in [0, 0.1) is 0 Å². The molecule has 1 aromatic heterocycles. The van der Waals surface area contributed by atoms with Crippen molar-refractivity contribution in [1.82, 2.24) is 4.57 Å². The van der Waals surface area contributed by atoms with Crippen LogP contribution in [-0.4, -0.2) is 16.4 Å². The molecule has 0 N–H and O–H groups in total. The van der Waals surface area contributed by atoms with Gasteiger partial charge in [0, 0.05) is 21.9 Å². The molecule has 8 aromatic carbocycles. The molecule has 1 aliphatic rings. The van der Waals surface area contributed by atoms with Crippen LogP contribution in [-0.2, 0) is 12.4 Å². The van der Waals surface area contributed by atoms with Crippen LogP contribution in [0.4, 0.5) is 32.0 Å². The average Bonchev–Trinajstić information content (AvgIpc) is 3.75. The Morgan fingerprint density at radius 1 is 0.371 bits per heavy atom. The highest BCUT2D eigenvalue weighted by atomic mass is 19.4. The Balaban J connectivity index is 1.20. The zero-order valence-electron chi connectivity index (χ0n) is 32.3. The number of rotatable bonds is 6. The van der Waals surface area contributed by atoms with Crippen LogP contribution in [0.2, 0.25) is 0 Å². The monoisotopic (exact) mass is 828 g/mol. The Hall–Kier alpha value is -7.72. The van der Waals surface area contributed by atoms with Gasteiger partial charge in [-0.3, -0.25) is 9.59 Å². The van der Waals surface area contributed by atoms with Gasteiger partial charge in [-0.05, 0) is 88.0 Å². The van der Waals surface area contributed by atoms with E-state index in [2.05, 4.69) is 0 Å². The number of fused-ring (bicyclic) bond motifs is 4.